The van der Waals surface area contributed by atoms with Crippen LogP contribution < -0.4 is 5.73 Å². The number of rotatable bonds is 1. The van der Waals surface area contributed by atoms with Crippen LogP contribution in [-0.2, 0) is 9.53 Å². The Labute approximate surface area is 79.1 Å². The lowest BCUT2D eigenvalue weighted by atomic mass is 9.89. The molecule has 1 fully saturated rings. The summed E-state index contributed by atoms with van der Waals surface area (Å²) in [6.07, 6.45) is 2.56. The maximum Gasteiger partial charge on any atom is 0.311 e. The summed E-state index contributed by atoms with van der Waals surface area (Å²) < 4.78 is 4.69. The van der Waals surface area contributed by atoms with Crippen LogP contribution in [-0.4, -0.2) is 19.1 Å². The number of nitrogens with two attached hydrogens (primary N) is 1. The largest absolute Gasteiger partial charge is 0.469 e. The molecule has 1 rings (SSSR count). The first-order chi connectivity index (χ1) is 5.08. The van der Waals surface area contributed by atoms with Crippen LogP contribution in [0, 0.1) is 5.41 Å². The van der Waals surface area contributed by atoms with Gasteiger partial charge in [0.25, 0.3) is 0 Å². The predicted molar refractivity (Wildman–Crippen MR) is 49.2 cm³/mol. The summed E-state index contributed by atoms with van der Waals surface area (Å²) in [7, 11) is 1.43. The van der Waals surface area contributed by atoms with E-state index in [1.54, 1.807) is 0 Å². The summed E-state index contributed by atoms with van der Waals surface area (Å²) in [5.41, 5.74) is 5.38. The van der Waals surface area contributed by atoms with Gasteiger partial charge in [0.2, 0.25) is 0 Å². The second-order valence-electron chi connectivity index (χ2n) is 3.56. The Balaban J connectivity index is 0.00000121. The van der Waals surface area contributed by atoms with Crippen LogP contribution in [0.5, 0.6) is 0 Å². The Kier molecular flexibility index (Phi) is 4.00. The summed E-state index contributed by atoms with van der Waals surface area (Å²) in [4.78, 5) is 11.2. The topological polar surface area (TPSA) is 52.3 Å². The van der Waals surface area contributed by atoms with Gasteiger partial charge < -0.3 is 10.5 Å². The van der Waals surface area contributed by atoms with E-state index in [0.29, 0.717) is 0 Å². The van der Waals surface area contributed by atoms with Crippen molar-refractivity contribution in [1.29, 1.82) is 0 Å². The van der Waals surface area contributed by atoms with Gasteiger partial charge in [0, 0.05) is 6.04 Å². The minimum absolute atomic E-state index is 0. The van der Waals surface area contributed by atoms with Gasteiger partial charge in [-0.1, -0.05) is 0 Å². The van der Waals surface area contributed by atoms with Crippen molar-refractivity contribution in [3.8, 4) is 0 Å². The summed E-state index contributed by atoms with van der Waals surface area (Å²) in [6, 6.07) is 0.180. The van der Waals surface area contributed by atoms with Crippen LogP contribution >= 0.6 is 12.4 Å². The van der Waals surface area contributed by atoms with E-state index >= 15 is 0 Å². The highest BCUT2D eigenvalue weighted by Gasteiger charge is 2.40. The van der Waals surface area contributed by atoms with E-state index in [1.165, 1.54) is 7.11 Å². The lowest BCUT2D eigenvalue weighted by molar-refractivity contribution is -0.151. The van der Waals surface area contributed by atoms with E-state index < -0.39 is 0 Å². The highest BCUT2D eigenvalue weighted by Crippen LogP contribution is 2.37. The van der Waals surface area contributed by atoms with Crippen LogP contribution in [0.15, 0.2) is 0 Å². The number of hydrogen-bond acceptors (Lipinski definition) is 3. The van der Waals surface area contributed by atoms with Gasteiger partial charge in [-0.3, -0.25) is 4.79 Å². The second-order valence-corrected chi connectivity index (χ2v) is 3.56. The van der Waals surface area contributed by atoms with Crippen molar-refractivity contribution in [2.75, 3.05) is 7.11 Å². The molecule has 0 spiro atoms. The van der Waals surface area contributed by atoms with Gasteiger partial charge >= 0.3 is 5.97 Å². The first-order valence-electron chi connectivity index (χ1n) is 3.92. The van der Waals surface area contributed by atoms with Gasteiger partial charge in [0.05, 0.1) is 12.5 Å². The summed E-state index contributed by atoms with van der Waals surface area (Å²) >= 11 is 0. The summed E-state index contributed by atoms with van der Waals surface area (Å²) in [5, 5.41) is 0. The Morgan fingerprint density at radius 2 is 2.25 bits per heavy atom. The molecule has 1 aliphatic rings. The van der Waals surface area contributed by atoms with Gasteiger partial charge in [-0.15, -0.1) is 12.4 Å². The number of esters is 1. The van der Waals surface area contributed by atoms with Crippen LogP contribution in [0.25, 0.3) is 0 Å². The third-order valence-electron chi connectivity index (χ3n) is 2.46. The van der Waals surface area contributed by atoms with E-state index in [0.717, 1.165) is 19.3 Å². The molecule has 0 saturated heterocycles. The van der Waals surface area contributed by atoms with Crippen LogP contribution in [0.2, 0.25) is 0 Å². The molecule has 3 nitrogen and oxygen atoms in total. The summed E-state index contributed by atoms with van der Waals surface area (Å²) in [6.45, 7) is 1.92. The van der Waals surface area contributed by atoms with E-state index in [2.05, 4.69) is 0 Å². The first kappa shape index (κ1) is 11.7. The minimum Gasteiger partial charge on any atom is -0.469 e. The Morgan fingerprint density at radius 1 is 1.67 bits per heavy atom. The molecule has 72 valence electrons. The number of ether oxygens (including phenoxy) is 1. The van der Waals surface area contributed by atoms with Crippen LogP contribution in [0.3, 0.4) is 0 Å². The second kappa shape index (κ2) is 4.10. The zero-order chi connectivity index (χ0) is 8.48. The molecule has 0 aromatic rings. The van der Waals surface area contributed by atoms with Crippen molar-refractivity contribution >= 4 is 18.4 Å². The average molecular weight is 194 g/mol. The molecular formula is C8H16ClNO2. The lowest BCUT2D eigenvalue weighted by Gasteiger charge is -2.19. The maximum atomic E-state index is 11.2. The van der Waals surface area contributed by atoms with Crippen LogP contribution in [0.1, 0.15) is 26.2 Å². The molecule has 0 aromatic carbocycles. The Hall–Kier alpha value is -0.280. The third-order valence-corrected chi connectivity index (χ3v) is 2.46. The van der Waals surface area contributed by atoms with Crippen molar-refractivity contribution < 1.29 is 9.53 Å². The number of carbonyl (C=O) groups excluding carboxylic acids is 1. The lowest BCUT2D eigenvalue weighted by Crippen LogP contribution is -2.28. The zero-order valence-electron chi connectivity index (χ0n) is 7.50. The molecule has 0 unspecified atom stereocenters. The highest BCUT2D eigenvalue weighted by atomic mass is 35.5. The molecule has 4 heteroatoms. The average Bonchev–Trinajstić information content (AvgIpc) is 2.31. The van der Waals surface area contributed by atoms with Gasteiger partial charge in [0.1, 0.15) is 0 Å². The number of halogens is 1. The molecule has 1 aliphatic carbocycles. The van der Waals surface area contributed by atoms with Crippen molar-refractivity contribution in [3.05, 3.63) is 0 Å². The third kappa shape index (κ3) is 2.11. The van der Waals surface area contributed by atoms with Gasteiger partial charge in [-0.25, -0.2) is 0 Å². The monoisotopic (exact) mass is 193 g/mol. The minimum atomic E-state index is -0.311. The molecule has 0 aliphatic heterocycles. The molecule has 12 heavy (non-hydrogen) atoms. The molecular weight excluding hydrogens is 178 g/mol. The molecule has 1 saturated carbocycles. The molecule has 0 amide bonds. The molecule has 2 atom stereocenters. The van der Waals surface area contributed by atoms with E-state index in [-0.39, 0.29) is 29.8 Å². The molecule has 2 N–H and O–H groups in total. The van der Waals surface area contributed by atoms with Gasteiger partial charge in [0.15, 0.2) is 0 Å². The van der Waals surface area contributed by atoms with Crippen molar-refractivity contribution in [3.63, 3.8) is 0 Å². The quantitative estimate of drug-likeness (QED) is 0.635. The standard InChI is InChI=1S/C8H15NO2.ClH/c1-8(7(10)11-2)4-3-6(9)5-8;/h6H,3-5,9H2,1-2H3;1H/t6-,8+;/m1./s1. The van der Waals surface area contributed by atoms with Gasteiger partial charge in [-0.2, -0.15) is 0 Å². The fraction of sp³-hybridized carbons (Fsp3) is 0.875. The van der Waals surface area contributed by atoms with E-state index in [1.807, 2.05) is 6.92 Å². The summed E-state index contributed by atoms with van der Waals surface area (Å²) in [5.74, 6) is -0.120. The number of hydrogen-bond donors (Lipinski definition) is 1. The zero-order valence-corrected chi connectivity index (χ0v) is 8.32. The number of carbonyl (C=O) groups is 1. The fourth-order valence-electron chi connectivity index (χ4n) is 1.72. The molecule has 0 aromatic heterocycles. The fourth-order valence-corrected chi connectivity index (χ4v) is 1.72. The van der Waals surface area contributed by atoms with Crippen molar-refractivity contribution in [2.45, 2.75) is 32.2 Å². The normalized spacial score (nSPS) is 34.1. The predicted octanol–water partition coefficient (Wildman–Crippen LogP) is 1.10. The molecule has 0 bridgehead atoms. The first-order valence-corrected chi connectivity index (χ1v) is 3.92. The van der Waals surface area contributed by atoms with E-state index in [4.69, 9.17) is 10.5 Å². The highest BCUT2D eigenvalue weighted by molar-refractivity contribution is 5.85. The van der Waals surface area contributed by atoms with Crippen molar-refractivity contribution in [1.82, 2.24) is 0 Å². The SMILES string of the molecule is COC(=O)[C@@]1(C)CC[C@@H](N)C1.Cl. The van der Waals surface area contributed by atoms with Gasteiger partial charge in [-0.05, 0) is 26.2 Å². The smallest absolute Gasteiger partial charge is 0.311 e. The number of methoxy groups -OCH3 is 1. The molecule has 0 radical (unpaired) electrons. The molecule has 0 heterocycles. The Bertz CT molecular complexity index is 174. The maximum absolute atomic E-state index is 11.2. The van der Waals surface area contributed by atoms with E-state index in [9.17, 15) is 4.79 Å². The van der Waals surface area contributed by atoms with Crippen molar-refractivity contribution in [2.24, 2.45) is 11.1 Å². The van der Waals surface area contributed by atoms with Crippen LogP contribution in [0.4, 0.5) is 0 Å². The Morgan fingerprint density at radius 3 is 2.58 bits per heavy atom.